The largest absolute Gasteiger partial charge is 0.416 e. The summed E-state index contributed by atoms with van der Waals surface area (Å²) in [6.07, 6.45) is 2.24. The van der Waals surface area contributed by atoms with Gasteiger partial charge in [-0.25, -0.2) is 0 Å². The van der Waals surface area contributed by atoms with Crippen LogP contribution in [0.15, 0.2) is 48.9 Å². The van der Waals surface area contributed by atoms with Gasteiger partial charge in [-0.3, -0.25) is 9.48 Å². The summed E-state index contributed by atoms with van der Waals surface area (Å²) in [7, 11) is 1.91. The fraction of sp³-hybridized carbons (Fsp3) is 0.400. The molecule has 2 aliphatic heterocycles. The maximum absolute atomic E-state index is 14.4. The fourth-order valence-corrected chi connectivity index (χ4v) is 6.43. The lowest BCUT2D eigenvalue weighted by atomic mass is 9.72. The van der Waals surface area contributed by atoms with E-state index >= 15 is 0 Å². The van der Waals surface area contributed by atoms with Crippen molar-refractivity contribution in [1.82, 2.24) is 29.9 Å². The predicted molar refractivity (Wildman–Crippen MR) is 145 cm³/mol. The summed E-state index contributed by atoms with van der Waals surface area (Å²) in [5.41, 5.74) is 3.25. The van der Waals surface area contributed by atoms with E-state index in [1.54, 1.807) is 23.1 Å². The molecular formula is C30H30F3N7O. The average Bonchev–Trinajstić information content (AvgIpc) is 3.69. The molecule has 3 aliphatic rings. The first kappa shape index (κ1) is 25.9. The number of anilines is 1. The van der Waals surface area contributed by atoms with Crippen molar-refractivity contribution in [3.05, 3.63) is 93.8 Å². The van der Waals surface area contributed by atoms with E-state index in [9.17, 15) is 18.0 Å². The summed E-state index contributed by atoms with van der Waals surface area (Å²) in [4.78, 5) is 15.2. The monoisotopic (exact) mass is 561 g/mol. The Kier molecular flexibility index (Phi) is 6.04. The third kappa shape index (κ3) is 4.34. The molecule has 4 heterocycles. The van der Waals surface area contributed by atoms with Crippen LogP contribution >= 0.6 is 0 Å². The summed E-state index contributed by atoms with van der Waals surface area (Å²) in [5, 5.41) is 16.2. The van der Waals surface area contributed by atoms with E-state index in [0.717, 1.165) is 41.9 Å². The number of aryl methyl sites for hydroxylation is 1. The molecule has 1 amide bonds. The Morgan fingerprint density at radius 2 is 1.93 bits per heavy atom. The first-order chi connectivity index (χ1) is 19.7. The highest BCUT2D eigenvalue weighted by Gasteiger charge is 2.41. The van der Waals surface area contributed by atoms with Gasteiger partial charge in [0.2, 0.25) is 0 Å². The number of hydrogen-bond acceptors (Lipinski definition) is 5. The number of nitrogens with zero attached hydrogens (tertiary/aromatic N) is 6. The SMILES string of the molecule is CC(c1cc2c(c(C(F)(F)F)c1)CN(c1cccc([C@H](c3nncn3C)C3CCC3)c1)C2=O)n1cc2c(n1)CNC2. The molecule has 0 saturated heterocycles. The molecule has 7 rings (SSSR count). The van der Waals surface area contributed by atoms with Gasteiger partial charge in [-0.1, -0.05) is 18.6 Å². The van der Waals surface area contributed by atoms with Gasteiger partial charge >= 0.3 is 6.18 Å². The van der Waals surface area contributed by atoms with E-state index in [4.69, 9.17) is 0 Å². The molecule has 41 heavy (non-hydrogen) atoms. The fourth-order valence-electron chi connectivity index (χ4n) is 6.43. The van der Waals surface area contributed by atoms with Crippen molar-refractivity contribution < 1.29 is 18.0 Å². The zero-order valence-electron chi connectivity index (χ0n) is 22.8. The molecule has 4 aromatic rings. The van der Waals surface area contributed by atoms with Crippen LogP contribution in [0.25, 0.3) is 0 Å². The molecule has 1 unspecified atom stereocenters. The number of fused-ring (bicyclic) bond motifs is 2. The Bertz CT molecular complexity index is 1630. The van der Waals surface area contributed by atoms with Crippen LogP contribution < -0.4 is 10.2 Å². The number of benzene rings is 2. The number of hydrogen-bond donors (Lipinski definition) is 1. The quantitative estimate of drug-likeness (QED) is 0.344. The Labute approximate surface area is 235 Å². The maximum atomic E-state index is 14.4. The number of carbonyl (C=O) groups excluding carboxylic acids is 1. The highest BCUT2D eigenvalue weighted by molar-refractivity contribution is 6.10. The minimum atomic E-state index is -4.60. The molecule has 212 valence electrons. The van der Waals surface area contributed by atoms with Gasteiger partial charge in [-0.2, -0.15) is 18.3 Å². The highest BCUT2D eigenvalue weighted by Crippen LogP contribution is 2.45. The molecule has 11 heteroatoms. The number of carbonyl (C=O) groups is 1. The number of rotatable bonds is 6. The molecule has 2 aromatic heterocycles. The van der Waals surface area contributed by atoms with Crippen molar-refractivity contribution in [1.29, 1.82) is 0 Å². The van der Waals surface area contributed by atoms with Crippen LogP contribution in [0.4, 0.5) is 18.9 Å². The van der Waals surface area contributed by atoms with Crippen LogP contribution in [0.1, 0.15) is 87.8 Å². The smallest absolute Gasteiger partial charge is 0.320 e. The standard InChI is InChI=1S/C30H30F3N7O/c1-17(40-14-21-12-34-13-26(21)37-40)20-10-23-24(25(11-20)30(31,32)33)15-39(29(23)41)22-8-4-7-19(9-22)27(18-5-3-6-18)28-36-35-16-38(28)2/h4,7-11,14,16-18,27,34H,3,5-6,12-13,15H2,1-2H3/t17?,27-/m1/s1. The Balaban J connectivity index is 1.25. The summed E-state index contributed by atoms with van der Waals surface area (Å²) >= 11 is 0. The van der Waals surface area contributed by atoms with E-state index in [1.165, 1.54) is 11.0 Å². The topological polar surface area (TPSA) is 80.9 Å². The Morgan fingerprint density at radius 1 is 1.10 bits per heavy atom. The second kappa shape index (κ2) is 9.54. The summed E-state index contributed by atoms with van der Waals surface area (Å²) in [6, 6.07) is 9.92. The van der Waals surface area contributed by atoms with Gasteiger partial charge < -0.3 is 14.8 Å². The number of aromatic nitrogens is 5. The summed E-state index contributed by atoms with van der Waals surface area (Å²) in [6.45, 7) is 2.99. The molecule has 8 nitrogen and oxygen atoms in total. The van der Waals surface area contributed by atoms with Gasteiger partial charge in [-0.05, 0) is 66.6 Å². The first-order valence-corrected chi connectivity index (χ1v) is 14.0. The summed E-state index contributed by atoms with van der Waals surface area (Å²) < 4.78 is 46.8. The maximum Gasteiger partial charge on any atom is 0.416 e. The van der Waals surface area contributed by atoms with E-state index in [0.29, 0.717) is 30.3 Å². The van der Waals surface area contributed by atoms with Gasteiger partial charge in [0.05, 0.1) is 23.8 Å². The van der Waals surface area contributed by atoms with Crippen LogP contribution in [-0.4, -0.2) is 30.5 Å². The third-order valence-corrected chi connectivity index (χ3v) is 8.94. The zero-order valence-corrected chi connectivity index (χ0v) is 22.8. The number of nitrogens with one attached hydrogen (secondary N) is 1. The van der Waals surface area contributed by atoms with Crippen molar-refractivity contribution >= 4 is 11.6 Å². The molecule has 1 saturated carbocycles. The molecule has 1 N–H and O–H groups in total. The molecule has 1 aliphatic carbocycles. The number of halogens is 3. The van der Waals surface area contributed by atoms with Crippen LogP contribution in [-0.2, 0) is 32.9 Å². The van der Waals surface area contributed by atoms with Gasteiger partial charge in [0.15, 0.2) is 0 Å². The van der Waals surface area contributed by atoms with E-state index in [2.05, 4.69) is 20.6 Å². The van der Waals surface area contributed by atoms with E-state index in [1.807, 2.05) is 42.9 Å². The Morgan fingerprint density at radius 3 is 2.61 bits per heavy atom. The van der Waals surface area contributed by atoms with Crippen LogP contribution in [0.5, 0.6) is 0 Å². The number of alkyl halides is 3. The molecule has 2 atom stereocenters. The minimum Gasteiger partial charge on any atom is -0.320 e. The molecule has 0 spiro atoms. The zero-order chi connectivity index (χ0) is 28.5. The summed E-state index contributed by atoms with van der Waals surface area (Å²) in [5.74, 6) is 0.823. The van der Waals surface area contributed by atoms with Gasteiger partial charge in [-0.15, -0.1) is 10.2 Å². The molecule has 0 radical (unpaired) electrons. The highest BCUT2D eigenvalue weighted by atomic mass is 19.4. The van der Waals surface area contributed by atoms with E-state index < -0.39 is 23.7 Å². The lowest BCUT2D eigenvalue weighted by molar-refractivity contribution is -0.138. The van der Waals surface area contributed by atoms with E-state index in [-0.39, 0.29) is 23.6 Å². The first-order valence-electron chi connectivity index (χ1n) is 14.0. The van der Waals surface area contributed by atoms with Crippen molar-refractivity contribution in [2.75, 3.05) is 4.90 Å². The predicted octanol–water partition coefficient (Wildman–Crippen LogP) is 5.34. The van der Waals surface area contributed by atoms with Gasteiger partial charge in [0.25, 0.3) is 5.91 Å². The van der Waals surface area contributed by atoms with Crippen molar-refractivity contribution in [2.45, 2.75) is 64.0 Å². The van der Waals surface area contributed by atoms with Crippen LogP contribution in [0.2, 0.25) is 0 Å². The van der Waals surface area contributed by atoms with Gasteiger partial charge in [0, 0.05) is 49.1 Å². The lowest BCUT2D eigenvalue weighted by Crippen LogP contribution is -2.25. The lowest BCUT2D eigenvalue weighted by Gasteiger charge is -2.33. The van der Waals surface area contributed by atoms with Crippen molar-refractivity contribution in [2.24, 2.45) is 13.0 Å². The van der Waals surface area contributed by atoms with Crippen molar-refractivity contribution in [3.63, 3.8) is 0 Å². The van der Waals surface area contributed by atoms with Crippen molar-refractivity contribution in [3.8, 4) is 0 Å². The second-order valence-corrected chi connectivity index (χ2v) is 11.4. The third-order valence-electron chi connectivity index (χ3n) is 8.94. The normalized spacial score (nSPS) is 18.4. The second-order valence-electron chi connectivity index (χ2n) is 11.4. The average molecular weight is 562 g/mol. The van der Waals surface area contributed by atoms with Crippen LogP contribution in [0.3, 0.4) is 0 Å². The van der Waals surface area contributed by atoms with Crippen LogP contribution in [0, 0.1) is 5.92 Å². The molecule has 2 aromatic carbocycles. The Hall–Kier alpha value is -3.99. The molecular weight excluding hydrogens is 531 g/mol. The molecule has 1 fully saturated rings. The number of amides is 1. The van der Waals surface area contributed by atoms with Gasteiger partial charge in [0.1, 0.15) is 12.2 Å². The molecule has 0 bridgehead atoms. The minimum absolute atomic E-state index is 0.000336.